The van der Waals surface area contributed by atoms with E-state index in [4.69, 9.17) is 26.6 Å². The fourth-order valence-electron chi connectivity index (χ4n) is 5.06. The molecule has 5 rings (SSSR count). The average Bonchev–Trinajstić information content (AvgIpc) is 3.47. The molecule has 3 aromatic rings. The minimum absolute atomic E-state index is 0.0583. The van der Waals surface area contributed by atoms with Crippen molar-refractivity contribution in [3.63, 3.8) is 0 Å². The highest BCUT2D eigenvalue weighted by Gasteiger charge is 2.30. The number of H-pyrrole nitrogens is 1. The quantitative estimate of drug-likeness (QED) is 0.395. The predicted molar refractivity (Wildman–Crippen MR) is 140 cm³/mol. The minimum Gasteiger partial charge on any atom is -0.478 e. The second kappa shape index (κ2) is 12.4. The van der Waals surface area contributed by atoms with Crippen LogP contribution < -0.4 is 5.69 Å². The second-order valence-electron chi connectivity index (χ2n) is 9.48. The molecule has 0 unspecified atom stereocenters. The van der Waals surface area contributed by atoms with E-state index in [9.17, 15) is 18.8 Å². The van der Waals surface area contributed by atoms with Crippen LogP contribution in [-0.2, 0) is 14.3 Å². The molecular formula is C27H29ClFN3O6. The Morgan fingerprint density at radius 1 is 1.08 bits per heavy atom. The molecule has 2 aromatic carbocycles. The maximum absolute atomic E-state index is 13.1. The number of likely N-dealkylation sites (tertiary alicyclic amines) is 1. The van der Waals surface area contributed by atoms with Crippen molar-refractivity contribution in [2.24, 2.45) is 5.92 Å². The summed E-state index contributed by atoms with van der Waals surface area (Å²) in [5.41, 5.74) is 2.72. The van der Waals surface area contributed by atoms with Crippen molar-refractivity contribution < 1.29 is 28.9 Å². The number of aromatic nitrogens is 2. The van der Waals surface area contributed by atoms with E-state index in [2.05, 4.69) is 9.88 Å². The molecule has 9 nitrogen and oxygen atoms in total. The monoisotopic (exact) mass is 545 g/mol. The number of benzene rings is 2. The number of piperidine rings is 1. The molecule has 202 valence electrons. The van der Waals surface area contributed by atoms with Crippen molar-refractivity contribution in [3.8, 4) is 0 Å². The number of nitrogens with zero attached hydrogens (tertiary/aromatic N) is 2. The molecule has 3 N–H and O–H groups in total. The summed E-state index contributed by atoms with van der Waals surface area (Å²) < 4.78 is 21.0. The van der Waals surface area contributed by atoms with E-state index < -0.39 is 11.9 Å². The van der Waals surface area contributed by atoms with Gasteiger partial charge in [-0.1, -0.05) is 23.7 Å². The molecule has 1 aromatic heterocycles. The van der Waals surface area contributed by atoms with Gasteiger partial charge in [0.25, 0.3) is 0 Å². The van der Waals surface area contributed by atoms with Crippen LogP contribution in [0.2, 0.25) is 5.02 Å². The fourth-order valence-corrected chi connectivity index (χ4v) is 5.23. The van der Waals surface area contributed by atoms with Crippen molar-refractivity contribution in [1.29, 1.82) is 0 Å². The third-order valence-corrected chi connectivity index (χ3v) is 7.04. The molecule has 0 aliphatic carbocycles. The lowest BCUT2D eigenvalue weighted by atomic mass is 9.98. The summed E-state index contributed by atoms with van der Waals surface area (Å²) in [5.74, 6) is -2.25. The van der Waals surface area contributed by atoms with Crippen molar-refractivity contribution in [1.82, 2.24) is 14.5 Å². The number of fused-ring (bicyclic) bond motifs is 1. The maximum Gasteiger partial charge on any atom is 0.328 e. The number of aromatic amines is 1. The zero-order valence-electron chi connectivity index (χ0n) is 20.6. The largest absolute Gasteiger partial charge is 0.478 e. The first kappa shape index (κ1) is 27.6. The van der Waals surface area contributed by atoms with Crippen LogP contribution in [0.25, 0.3) is 11.0 Å². The Hall–Kier alpha value is -3.47. The van der Waals surface area contributed by atoms with Gasteiger partial charge in [-0.15, -0.1) is 0 Å². The van der Waals surface area contributed by atoms with E-state index in [0.717, 1.165) is 62.1 Å². The fraction of sp³-hybridized carbons (Fsp3) is 0.370. The van der Waals surface area contributed by atoms with E-state index >= 15 is 0 Å². The lowest BCUT2D eigenvalue weighted by Gasteiger charge is -2.33. The molecule has 2 aliphatic rings. The molecule has 0 radical (unpaired) electrons. The number of hydrogen-bond acceptors (Lipinski definition) is 5. The molecule has 2 saturated heterocycles. The Bertz CT molecular complexity index is 1350. The summed E-state index contributed by atoms with van der Waals surface area (Å²) in [5, 5.41) is 16.3. The summed E-state index contributed by atoms with van der Waals surface area (Å²) in [6, 6.07) is 12.4. The lowest BCUT2D eigenvalue weighted by Crippen LogP contribution is -2.39. The number of ether oxygens (including phenoxy) is 1. The molecular weight excluding hydrogens is 517 g/mol. The van der Waals surface area contributed by atoms with E-state index in [1.807, 2.05) is 34.9 Å². The Labute approximate surface area is 223 Å². The summed E-state index contributed by atoms with van der Waals surface area (Å²) >= 11 is 6.06. The van der Waals surface area contributed by atoms with E-state index in [-0.39, 0.29) is 23.7 Å². The third-order valence-electron chi connectivity index (χ3n) is 6.81. The zero-order valence-corrected chi connectivity index (χ0v) is 21.3. The number of carboxylic acids is 2. The minimum atomic E-state index is -1.26. The standard InChI is InChI=1S/C23H25ClFN3O2.C4H4O4/c24-17-3-6-21-20(12-17)26-23(29)28(21)19-7-9-27(10-8-19)13-15-11-22(30-14-15)16-1-4-18(25)5-2-16;5-3(6)1-2-4(7)8/h1-6,12,15,19,22H,7-11,13-14H2,(H,26,29);1-2H,(H,5,6)(H,7,8)/t15-,22-;/m1./s1. The van der Waals surface area contributed by atoms with Gasteiger partial charge in [0.1, 0.15) is 5.82 Å². The highest BCUT2D eigenvalue weighted by Crippen LogP contribution is 2.34. The number of imidazole rings is 1. The summed E-state index contributed by atoms with van der Waals surface area (Å²) in [4.78, 5) is 37.0. The number of aliphatic carboxylic acids is 2. The number of rotatable bonds is 6. The summed E-state index contributed by atoms with van der Waals surface area (Å²) in [6.07, 6.45) is 4.04. The zero-order chi connectivity index (χ0) is 27.2. The van der Waals surface area contributed by atoms with Crippen LogP contribution in [0.1, 0.15) is 37.0 Å². The molecule has 3 heterocycles. The van der Waals surface area contributed by atoms with E-state index in [0.29, 0.717) is 23.1 Å². The second-order valence-corrected chi connectivity index (χ2v) is 9.91. The summed E-state index contributed by atoms with van der Waals surface area (Å²) in [7, 11) is 0. The van der Waals surface area contributed by atoms with Crippen LogP contribution in [0.15, 0.2) is 59.4 Å². The highest BCUT2D eigenvalue weighted by atomic mass is 35.5. The molecule has 0 saturated carbocycles. The lowest BCUT2D eigenvalue weighted by molar-refractivity contribution is -0.134. The first-order chi connectivity index (χ1) is 18.2. The first-order valence-corrected chi connectivity index (χ1v) is 12.7. The van der Waals surface area contributed by atoms with Crippen molar-refractivity contribution in [2.75, 3.05) is 26.2 Å². The SMILES string of the molecule is O=C(O)C=CC(=O)O.O=c1[nH]c2cc(Cl)ccc2n1C1CCN(C[C@@H]2CO[C@@H](c3ccc(F)cc3)C2)CC1. The van der Waals surface area contributed by atoms with Gasteiger partial charge in [0.05, 0.1) is 23.7 Å². The van der Waals surface area contributed by atoms with Gasteiger partial charge in [-0.25, -0.2) is 18.8 Å². The van der Waals surface area contributed by atoms with Gasteiger partial charge in [-0.2, -0.15) is 0 Å². The molecule has 2 atom stereocenters. The van der Waals surface area contributed by atoms with Crippen molar-refractivity contribution >= 4 is 34.6 Å². The van der Waals surface area contributed by atoms with Crippen LogP contribution >= 0.6 is 11.6 Å². The molecule has 0 bridgehead atoms. The maximum atomic E-state index is 13.1. The van der Waals surface area contributed by atoms with Gasteiger partial charge in [0, 0.05) is 42.9 Å². The predicted octanol–water partition coefficient (Wildman–Crippen LogP) is 4.25. The van der Waals surface area contributed by atoms with Crippen LogP contribution in [0.4, 0.5) is 4.39 Å². The van der Waals surface area contributed by atoms with Crippen molar-refractivity contribution in [3.05, 3.63) is 81.5 Å². The number of carbonyl (C=O) groups is 2. The third kappa shape index (κ3) is 7.09. The topological polar surface area (TPSA) is 125 Å². The Morgan fingerprint density at radius 3 is 2.37 bits per heavy atom. The molecule has 2 fully saturated rings. The Morgan fingerprint density at radius 2 is 1.74 bits per heavy atom. The molecule has 0 amide bonds. The number of nitrogens with one attached hydrogen (secondary N) is 1. The number of halogens is 2. The number of hydrogen-bond donors (Lipinski definition) is 3. The molecule has 0 spiro atoms. The van der Waals surface area contributed by atoms with Gasteiger partial charge in [0.2, 0.25) is 0 Å². The van der Waals surface area contributed by atoms with Gasteiger partial charge in [-0.3, -0.25) is 4.57 Å². The summed E-state index contributed by atoms with van der Waals surface area (Å²) in [6.45, 7) is 3.68. The van der Waals surface area contributed by atoms with Gasteiger partial charge < -0.3 is 24.8 Å². The van der Waals surface area contributed by atoms with Gasteiger partial charge in [-0.05, 0) is 61.1 Å². The highest BCUT2D eigenvalue weighted by molar-refractivity contribution is 6.31. The molecule has 38 heavy (non-hydrogen) atoms. The van der Waals surface area contributed by atoms with Crippen LogP contribution in [0.5, 0.6) is 0 Å². The van der Waals surface area contributed by atoms with E-state index in [1.54, 1.807) is 0 Å². The van der Waals surface area contributed by atoms with E-state index in [1.165, 1.54) is 12.1 Å². The van der Waals surface area contributed by atoms with Gasteiger partial charge in [0.15, 0.2) is 0 Å². The molecule has 11 heteroatoms. The van der Waals surface area contributed by atoms with Crippen LogP contribution in [0.3, 0.4) is 0 Å². The number of carboxylic acid groups (broad SMARTS) is 2. The van der Waals surface area contributed by atoms with Gasteiger partial charge >= 0.3 is 17.6 Å². The first-order valence-electron chi connectivity index (χ1n) is 12.3. The van der Waals surface area contributed by atoms with Crippen molar-refractivity contribution in [2.45, 2.75) is 31.4 Å². The van der Waals surface area contributed by atoms with Crippen LogP contribution in [0, 0.1) is 11.7 Å². The smallest absolute Gasteiger partial charge is 0.328 e. The Kier molecular flexibility index (Phi) is 8.98. The van der Waals surface area contributed by atoms with Crippen LogP contribution in [-0.4, -0.2) is 62.8 Å². The molecule has 2 aliphatic heterocycles. The Balaban J connectivity index is 0.000000368. The average molecular weight is 546 g/mol. The normalized spacial score (nSPS) is 20.5.